The van der Waals surface area contributed by atoms with Gasteiger partial charge in [0.2, 0.25) is 10.0 Å². The molecule has 2 aromatic carbocycles. The van der Waals surface area contributed by atoms with E-state index in [0.29, 0.717) is 23.0 Å². The largest absolute Gasteiger partial charge is 0.417 e. The van der Waals surface area contributed by atoms with Crippen LogP contribution in [0, 0.1) is 11.7 Å². The third kappa shape index (κ3) is 4.99. The number of alkyl halides is 3. The highest BCUT2D eigenvalue weighted by molar-refractivity contribution is 7.90. The normalized spacial score (nSPS) is 12.9. The molecule has 0 atom stereocenters. The molecule has 0 unspecified atom stereocenters. The predicted molar refractivity (Wildman–Crippen MR) is 118 cm³/mol. The summed E-state index contributed by atoms with van der Waals surface area (Å²) in [5, 5.41) is -0.170. The SMILES string of the molecule is CC(C)Cn1cc(CNS(=O)(=O)C(C)C)c2cc(F)c(-c3ccccc3C(F)(F)F)cc21. The van der Waals surface area contributed by atoms with Crippen LogP contribution >= 0.6 is 0 Å². The number of fused-ring (bicyclic) bond motifs is 1. The van der Waals surface area contributed by atoms with Gasteiger partial charge in [0.25, 0.3) is 0 Å². The molecule has 1 aromatic heterocycles. The molecule has 0 saturated heterocycles. The Hall–Kier alpha value is -2.39. The van der Waals surface area contributed by atoms with Crippen LogP contribution in [-0.2, 0) is 29.3 Å². The smallest absolute Gasteiger partial charge is 0.347 e. The van der Waals surface area contributed by atoms with Gasteiger partial charge in [0.15, 0.2) is 0 Å². The molecule has 0 aliphatic carbocycles. The second-order valence-corrected chi connectivity index (χ2v) is 10.8. The van der Waals surface area contributed by atoms with Gasteiger partial charge in [-0.2, -0.15) is 13.2 Å². The number of aromatic nitrogens is 1. The number of hydrogen-bond acceptors (Lipinski definition) is 2. The minimum atomic E-state index is -4.63. The Morgan fingerprint density at radius 3 is 2.28 bits per heavy atom. The maximum absolute atomic E-state index is 15.1. The molecule has 0 bridgehead atoms. The quantitative estimate of drug-likeness (QED) is 0.434. The fourth-order valence-electron chi connectivity index (χ4n) is 3.59. The third-order valence-corrected chi connectivity index (χ3v) is 7.01. The van der Waals surface area contributed by atoms with Crippen molar-refractivity contribution >= 4 is 20.9 Å². The van der Waals surface area contributed by atoms with Crippen LogP contribution in [0.2, 0.25) is 0 Å². The van der Waals surface area contributed by atoms with Gasteiger partial charge in [0.1, 0.15) is 5.82 Å². The van der Waals surface area contributed by atoms with E-state index in [2.05, 4.69) is 4.72 Å². The molecular formula is C23H26F4N2O2S. The molecule has 174 valence electrons. The van der Waals surface area contributed by atoms with Gasteiger partial charge in [-0.25, -0.2) is 17.5 Å². The number of benzene rings is 2. The van der Waals surface area contributed by atoms with Gasteiger partial charge in [-0.15, -0.1) is 0 Å². The summed E-state index contributed by atoms with van der Waals surface area (Å²) in [5.74, 6) is -0.591. The van der Waals surface area contributed by atoms with Gasteiger partial charge in [0, 0.05) is 35.8 Å². The highest BCUT2D eigenvalue weighted by atomic mass is 32.2. The standard InChI is InChI=1S/C23H26F4N2O2S/c1-14(2)12-29-13-16(11-28-32(30,31)15(3)4)18-9-21(24)19(10-22(18)29)17-7-5-6-8-20(17)23(25,26)27/h5-10,13-15,28H,11-12H2,1-4H3. The highest BCUT2D eigenvalue weighted by Gasteiger charge is 2.34. The summed E-state index contributed by atoms with van der Waals surface area (Å²) in [6, 6.07) is 7.49. The van der Waals surface area contributed by atoms with Gasteiger partial charge < -0.3 is 4.57 Å². The Morgan fingerprint density at radius 2 is 1.69 bits per heavy atom. The van der Waals surface area contributed by atoms with Gasteiger partial charge >= 0.3 is 6.18 Å². The minimum Gasteiger partial charge on any atom is -0.347 e. The molecule has 1 N–H and O–H groups in total. The molecule has 9 heteroatoms. The molecule has 0 aliphatic heterocycles. The molecule has 0 fully saturated rings. The van der Waals surface area contributed by atoms with E-state index in [-0.39, 0.29) is 23.6 Å². The molecule has 3 aromatic rings. The highest BCUT2D eigenvalue weighted by Crippen LogP contribution is 2.39. The zero-order valence-corrected chi connectivity index (χ0v) is 19.1. The molecule has 0 aliphatic rings. The Labute approximate surface area is 185 Å². The maximum Gasteiger partial charge on any atom is 0.417 e. The molecule has 4 nitrogen and oxygen atoms in total. The third-order valence-electron chi connectivity index (χ3n) is 5.22. The lowest BCUT2D eigenvalue weighted by molar-refractivity contribution is -0.137. The molecule has 1 heterocycles. The van der Waals surface area contributed by atoms with Crippen molar-refractivity contribution in [2.24, 2.45) is 5.92 Å². The first-order valence-electron chi connectivity index (χ1n) is 10.3. The summed E-state index contributed by atoms with van der Waals surface area (Å²) >= 11 is 0. The van der Waals surface area contributed by atoms with Crippen LogP contribution in [0.25, 0.3) is 22.0 Å². The monoisotopic (exact) mass is 470 g/mol. The first-order valence-corrected chi connectivity index (χ1v) is 11.8. The van der Waals surface area contributed by atoms with Gasteiger partial charge in [-0.3, -0.25) is 0 Å². The Kier molecular flexibility index (Phi) is 6.72. The molecule has 0 spiro atoms. The lowest BCUT2D eigenvalue weighted by atomic mass is 9.97. The van der Waals surface area contributed by atoms with Crippen molar-refractivity contribution in [1.82, 2.24) is 9.29 Å². The first-order chi connectivity index (χ1) is 14.8. The number of nitrogens with one attached hydrogen (secondary N) is 1. The molecule has 0 amide bonds. The minimum absolute atomic E-state index is 0.0416. The van der Waals surface area contributed by atoms with E-state index in [9.17, 15) is 21.6 Å². The Morgan fingerprint density at radius 1 is 1.03 bits per heavy atom. The van der Waals surface area contributed by atoms with Crippen molar-refractivity contribution in [1.29, 1.82) is 0 Å². The summed E-state index contributed by atoms with van der Waals surface area (Å²) < 4.78 is 84.3. The Balaban J connectivity index is 2.18. The van der Waals surface area contributed by atoms with Crippen molar-refractivity contribution in [3.8, 4) is 11.1 Å². The lowest BCUT2D eigenvalue weighted by Crippen LogP contribution is -2.30. The van der Waals surface area contributed by atoms with E-state index in [1.54, 1.807) is 20.0 Å². The first kappa shape index (κ1) is 24.3. The summed E-state index contributed by atoms with van der Waals surface area (Å²) in [5.41, 5.74) is -0.197. The van der Waals surface area contributed by atoms with Crippen molar-refractivity contribution in [3.05, 3.63) is 59.5 Å². The number of halogens is 4. The summed E-state index contributed by atoms with van der Waals surface area (Å²) in [6.07, 6.45) is -2.90. The topological polar surface area (TPSA) is 51.1 Å². The van der Waals surface area contributed by atoms with Gasteiger partial charge in [0.05, 0.1) is 10.8 Å². The van der Waals surface area contributed by atoms with Crippen LogP contribution in [0.4, 0.5) is 17.6 Å². The maximum atomic E-state index is 15.1. The van der Waals surface area contributed by atoms with Crippen LogP contribution in [0.3, 0.4) is 0 Å². The van der Waals surface area contributed by atoms with Crippen LogP contribution in [-0.4, -0.2) is 18.2 Å². The number of sulfonamides is 1. The predicted octanol–water partition coefficient (Wildman–Crippen LogP) is 5.95. The van der Waals surface area contributed by atoms with E-state index in [0.717, 1.165) is 6.07 Å². The summed E-state index contributed by atoms with van der Waals surface area (Å²) in [4.78, 5) is 0. The summed E-state index contributed by atoms with van der Waals surface area (Å²) in [6.45, 7) is 7.56. The van der Waals surface area contributed by atoms with Crippen molar-refractivity contribution in [3.63, 3.8) is 0 Å². The number of nitrogens with zero attached hydrogens (tertiary/aromatic N) is 1. The second kappa shape index (κ2) is 8.86. The zero-order chi connectivity index (χ0) is 23.8. The zero-order valence-electron chi connectivity index (χ0n) is 18.3. The molecule has 0 radical (unpaired) electrons. The fourth-order valence-corrected chi connectivity index (χ4v) is 4.28. The molecular weight excluding hydrogens is 444 g/mol. The van der Waals surface area contributed by atoms with E-state index in [1.165, 1.54) is 30.3 Å². The van der Waals surface area contributed by atoms with Crippen LogP contribution in [0.1, 0.15) is 38.8 Å². The van der Waals surface area contributed by atoms with Gasteiger partial charge in [-0.05, 0) is 49.1 Å². The van der Waals surface area contributed by atoms with Crippen molar-refractivity contribution in [2.75, 3.05) is 0 Å². The molecule has 3 rings (SSSR count). The van der Waals surface area contributed by atoms with E-state index >= 15 is 4.39 Å². The van der Waals surface area contributed by atoms with Crippen LogP contribution in [0.5, 0.6) is 0 Å². The van der Waals surface area contributed by atoms with Gasteiger partial charge in [-0.1, -0.05) is 32.0 Å². The van der Waals surface area contributed by atoms with Crippen molar-refractivity contribution < 1.29 is 26.0 Å². The second-order valence-electron chi connectivity index (χ2n) is 8.51. The van der Waals surface area contributed by atoms with E-state index in [4.69, 9.17) is 0 Å². The molecule has 0 saturated carbocycles. The lowest BCUT2D eigenvalue weighted by Gasteiger charge is -2.15. The van der Waals surface area contributed by atoms with Crippen LogP contribution in [0.15, 0.2) is 42.6 Å². The number of rotatable bonds is 7. The summed E-state index contributed by atoms with van der Waals surface area (Å²) in [7, 11) is -3.54. The average Bonchev–Trinajstić information content (AvgIpc) is 3.00. The molecule has 32 heavy (non-hydrogen) atoms. The van der Waals surface area contributed by atoms with E-state index in [1.807, 2.05) is 18.4 Å². The van der Waals surface area contributed by atoms with Crippen LogP contribution < -0.4 is 4.72 Å². The van der Waals surface area contributed by atoms with E-state index < -0.39 is 32.8 Å². The fraction of sp³-hybridized carbons (Fsp3) is 0.391. The number of hydrogen-bond donors (Lipinski definition) is 1. The average molecular weight is 471 g/mol. The Bertz CT molecular complexity index is 1230. The van der Waals surface area contributed by atoms with Crippen molar-refractivity contribution in [2.45, 2.75) is 52.2 Å².